The Morgan fingerprint density at radius 2 is 1.46 bits per heavy atom. The fraction of sp³-hybridized carbons (Fsp3) is 0.850. The molecule has 1 N–H and O–H groups in total. The smallest absolute Gasteiger partial charge is 0.192 e. The fourth-order valence-corrected chi connectivity index (χ4v) is 4.42. The highest BCUT2D eigenvalue weighted by molar-refractivity contribution is 6.74. The van der Waals surface area contributed by atoms with E-state index in [1.807, 2.05) is 0 Å². The summed E-state index contributed by atoms with van der Waals surface area (Å²) in [5.74, 6) is 0. The van der Waals surface area contributed by atoms with Crippen LogP contribution in [0.4, 0.5) is 0 Å². The Hall–Kier alpha value is -0.276. The molecular formula is C20H42O4Si2. The van der Waals surface area contributed by atoms with E-state index in [4.69, 9.17) is 8.85 Å². The van der Waals surface area contributed by atoms with E-state index in [1.54, 1.807) is 0 Å². The van der Waals surface area contributed by atoms with Gasteiger partial charge >= 0.3 is 0 Å². The Balaban J connectivity index is 4.94. The monoisotopic (exact) mass is 402 g/mol. The van der Waals surface area contributed by atoms with Gasteiger partial charge in [0.1, 0.15) is 6.29 Å². The van der Waals surface area contributed by atoms with E-state index in [-0.39, 0.29) is 16.2 Å². The van der Waals surface area contributed by atoms with Crippen LogP contribution in [-0.2, 0) is 13.6 Å². The average Bonchev–Trinajstić information content (AvgIpc) is 2.45. The highest BCUT2D eigenvalue weighted by Crippen LogP contribution is 2.39. The van der Waals surface area contributed by atoms with Crippen molar-refractivity contribution in [3.05, 3.63) is 12.2 Å². The number of allylic oxidation sites excluding steroid dienone is 1. The van der Waals surface area contributed by atoms with Crippen LogP contribution in [0.5, 0.6) is 0 Å². The molecule has 0 heterocycles. The minimum Gasteiger partial charge on any atom is -0.417 e. The van der Waals surface area contributed by atoms with Gasteiger partial charge in [-0.15, -0.1) is 0 Å². The third-order valence-electron chi connectivity index (χ3n) is 5.92. The van der Waals surface area contributed by atoms with Crippen molar-refractivity contribution < 1.29 is 18.8 Å². The number of rotatable bonds is 10. The predicted octanol–water partition coefficient (Wildman–Crippen LogP) is 5.29. The molecule has 4 nitrogen and oxygen atoms in total. The molecule has 0 aromatic heterocycles. The number of aliphatic hydroxyl groups excluding tert-OH is 1. The predicted molar refractivity (Wildman–Crippen MR) is 116 cm³/mol. The summed E-state index contributed by atoms with van der Waals surface area (Å²) >= 11 is 0. The summed E-state index contributed by atoms with van der Waals surface area (Å²) in [4.78, 5) is 10.6. The zero-order chi connectivity index (χ0) is 20.8. The molecule has 0 aromatic carbocycles. The van der Waals surface area contributed by atoms with Gasteiger partial charge in [-0.2, -0.15) is 0 Å². The van der Waals surface area contributed by atoms with Gasteiger partial charge < -0.3 is 14.0 Å². The van der Waals surface area contributed by atoms with Crippen LogP contribution < -0.4 is 0 Å². The normalized spacial score (nSPS) is 16.7. The standard InChI is InChI=1S/C20H42O4Si2/c1-19(2,3)25(7,8)23-16-12-14-18(17(22)13-11-15-21)24-26(9,10)20(4,5)6/h11,13,15,17-18,22H,12,14,16H2,1-10H3/b13-11+/t17-,18+/m1/s1. The van der Waals surface area contributed by atoms with E-state index in [0.29, 0.717) is 19.3 Å². The van der Waals surface area contributed by atoms with Crippen molar-refractivity contribution in [2.24, 2.45) is 0 Å². The molecule has 0 saturated carbocycles. The van der Waals surface area contributed by atoms with Crippen molar-refractivity contribution in [2.75, 3.05) is 6.61 Å². The quantitative estimate of drug-likeness (QED) is 0.233. The second kappa shape index (κ2) is 9.78. The molecule has 26 heavy (non-hydrogen) atoms. The maximum atomic E-state index is 10.6. The van der Waals surface area contributed by atoms with E-state index in [1.165, 1.54) is 12.2 Å². The van der Waals surface area contributed by atoms with E-state index < -0.39 is 22.7 Å². The van der Waals surface area contributed by atoms with Crippen LogP contribution in [0.15, 0.2) is 12.2 Å². The molecule has 2 atom stereocenters. The summed E-state index contributed by atoms with van der Waals surface area (Å²) < 4.78 is 12.7. The maximum Gasteiger partial charge on any atom is 0.192 e. The van der Waals surface area contributed by atoms with Crippen LogP contribution >= 0.6 is 0 Å². The van der Waals surface area contributed by atoms with E-state index in [9.17, 15) is 9.90 Å². The van der Waals surface area contributed by atoms with Gasteiger partial charge in [0, 0.05) is 6.61 Å². The van der Waals surface area contributed by atoms with Crippen LogP contribution in [0.2, 0.25) is 36.3 Å². The third-order valence-corrected chi connectivity index (χ3v) is 15.0. The molecule has 0 aliphatic heterocycles. The molecule has 0 spiro atoms. The fourth-order valence-electron chi connectivity index (χ4n) is 1.97. The largest absolute Gasteiger partial charge is 0.417 e. The lowest BCUT2D eigenvalue weighted by Gasteiger charge is -2.40. The number of aliphatic hydroxyl groups is 1. The van der Waals surface area contributed by atoms with Crippen LogP contribution in [0.25, 0.3) is 0 Å². The highest BCUT2D eigenvalue weighted by Gasteiger charge is 2.40. The van der Waals surface area contributed by atoms with Crippen molar-refractivity contribution in [1.29, 1.82) is 0 Å². The summed E-state index contributed by atoms with van der Waals surface area (Å²) in [6, 6.07) is 0. The van der Waals surface area contributed by atoms with E-state index >= 15 is 0 Å². The second-order valence-electron chi connectivity index (χ2n) is 10.2. The molecule has 154 valence electrons. The maximum absolute atomic E-state index is 10.6. The molecule has 0 radical (unpaired) electrons. The first-order valence-corrected chi connectivity index (χ1v) is 15.5. The van der Waals surface area contributed by atoms with Crippen molar-refractivity contribution in [3.63, 3.8) is 0 Å². The molecule has 0 bridgehead atoms. The zero-order valence-corrected chi connectivity index (χ0v) is 20.7. The van der Waals surface area contributed by atoms with E-state index in [2.05, 4.69) is 67.7 Å². The molecule has 0 unspecified atom stereocenters. The molecule has 0 aromatic rings. The van der Waals surface area contributed by atoms with Gasteiger partial charge in [0.15, 0.2) is 16.6 Å². The van der Waals surface area contributed by atoms with Crippen molar-refractivity contribution >= 4 is 22.9 Å². The first-order valence-electron chi connectivity index (χ1n) is 9.67. The second-order valence-corrected chi connectivity index (χ2v) is 19.7. The van der Waals surface area contributed by atoms with Crippen LogP contribution in [0.1, 0.15) is 54.4 Å². The summed E-state index contributed by atoms with van der Waals surface area (Å²) in [7, 11) is -3.77. The summed E-state index contributed by atoms with van der Waals surface area (Å²) in [6.45, 7) is 22.8. The van der Waals surface area contributed by atoms with Crippen molar-refractivity contribution in [2.45, 2.75) is 103 Å². The number of carbonyl (C=O) groups excluding carboxylic acids is 1. The van der Waals surface area contributed by atoms with Gasteiger partial charge in [0.2, 0.25) is 0 Å². The van der Waals surface area contributed by atoms with Crippen LogP contribution in [0, 0.1) is 0 Å². The topological polar surface area (TPSA) is 55.8 Å². The lowest BCUT2D eigenvalue weighted by molar-refractivity contribution is -0.104. The summed E-state index contributed by atoms with van der Waals surface area (Å²) in [5.41, 5.74) is 0. The van der Waals surface area contributed by atoms with Crippen molar-refractivity contribution in [3.8, 4) is 0 Å². The Morgan fingerprint density at radius 1 is 0.962 bits per heavy atom. The average molecular weight is 403 g/mol. The molecule has 0 fully saturated rings. The van der Waals surface area contributed by atoms with E-state index in [0.717, 1.165) is 6.42 Å². The lowest BCUT2D eigenvalue weighted by atomic mass is 10.1. The van der Waals surface area contributed by atoms with Crippen LogP contribution in [0.3, 0.4) is 0 Å². The molecular weight excluding hydrogens is 360 g/mol. The zero-order valence-electron chi connectivity index (χ0n) is 18.7. The molecule has 0 aliphatic rings. The van der Waals surface area contributed by atoms with Gasteiger partial charge in [-0.3, -0.25) is 4.79 Å². The summed E-state index contributed by atoms with van der Waals surface area (Å²) in [6.07, 6.45) is 4.02. The number of hydrogen-bond acceptors (Lipinski definition) is 4. The molecule has 0 amide bonds. The lowest BCUT2D eigenvalue weighted by Crippen LogP contribution is -2.47. The minimum atomic E-state index is -2.01. The Labute approximate surface area is 163 Å². The minimum absolute atomic E-state index is 0.0665. The Morgan fingerprint density at radius 3 is 1.88 bits per heavy atom. The van der Waals surface area contributed by atoms with Crippen LogP contribution in [-0.4, -0.2) is 46.8 Å². The third kappa shape index (κ3) is 8.17. The molecule has 0 aliphatic carbocycles. The van der Waals surface area contributed by atoms with Gasteiger partial charge in [0.25, 0.3) is 0 Å². The number of aldehydes is 1. The number of hydrogen-bond donors (Lipinski definition) is 1. The van der Waals surface area contributed by atoms with Gasteiger partial charge in [-0.05, 0) is 55.2 Å². The Bertz CT molecular complexity index is 459. The number of carbonyl (C=O) groups is 1. The van der Waals surface area contributed by atoms with Gasteiger partial charge in [-0.1, -0.05) is 47.6 Å². The molecule has 0 saturated heterocycles. The SMILES string of the molecule is CC(C)(C)[Si](C)(C)OCCC[C@H](O[Si](C)(C)C(C)(C)C)[C@H](O)/C=C/C=O. The first kappa shape index (κ1) is 25.7. The highest BCUT2D eigenvalue weighted by atomic mass is 28.4. The van der Waals surface area contributed by atoms with Gasteiger partial charge in [0.05, 0.1) is 12.2 Å². The molecule has 0 rings (SSSR count). The first-order chi connectivity index (χ1) is 11.5. The van der Waals surface area contributed by atoms with Gasteiger partial charge in [-0.25, -0.2) is 0 Å². The molecule has 6 heteroatoms. The van der Waals surface area contributed by atoms with Crippen molar-refractivity contribution in [1.82, 2.24) is 0 Å². The Kier molecular flexibility index (Phi) is 9.67. The summed E-state index contributed by atoms with van der Waals surface area (Å²) in [5, 5.41) is 10.7.